The molecule has 0 aliphatic carbocycles. The van der Waals surface area contributed by atoms with Crippen LogP contribution in [-0.2, 0) is 25.5 Å². The molecule has 11 nitrogen and oxygen atoms in total. The van der Waals surface area contributed by atoms with Crippen LogP contribution in [0.15, 0.2) is 12.5 Å². The third kappa shape index (κ3) is 28.9. The summed E-state index contributed by atoms with van der Waals surface area (Å²) in [7, 11) is 0. The van der Waals surface area contributed by atoms with Crippen molar-refractivity contribution >= 4 is 23.8 Å². The van der Waals surface area contributed by atoms with Crippen molar-refractivity contribution in [1.82, 2.24) is 30.4 Å². The quantitative estimate of drug-likeness (QED) is 0.0560. The van der Waals surface area contributed by atoms with E-state index in [4.69, 9.17) is 4.74 Å². The van der Waals surface area contributed by atoms with E-state index in [1.165, 1.54) is 161 Å². The molecule has 1 aromatic heterocycles. The van der Waals surface area contributed by atoms with Crippen LogP contribution in [0.3, 0.4) is 0 Å². The number of nitrogens with one attached hydrogen (secondary N) is 3. The molecule has 66 heavy (non-hydrogen) atoms. The molecule has 3 atom stereocenters. The first kappa shape index (κ1) is 59.0. The molecule has 1 saturated heterocycles. The average Bonchev–Trinajstić information content (AvgIpc) is 3.96. The monoisotopic (exact) mass is 927 g/mol. The van der Waals surface area contributed by atoms with Crippen molar-refractivity contribution in [1.29, 1.82) is 0 Å². The van der Waals surface area contributed by atoms with Crippen molar-refractivity contribution in [3.05, 3.63) is 18.2 Å². The molecule has 0 aromatic carbocycles. The van der Waals surface area contributed by atoms with E-state index in [0.717, 1.165) is 44.9 Å². The second kappa shape index (κ2) is 37.8. The molecule has 0 unspecified atom stereocenters. The molecule has 2 heterocycles. The maximum atomic E-state index is 14.9. The fourth-order valence-corrected chi connectivity index (χ4v) is 9.43. The summed E-state index contributed by atoms with van der Waals surface area (Å²) in [6, 6.07) is -2.10. The number of nitrogens with zero attached hydrogens (tertiary/aromatic N) is 3. The van der Waals surface area contributed by atoms with Crippen LogP contribution >= 0.6 is 0 Å². The Morgan fingerprint density at radius 2 is 1.09 bits per heavy atom. The van der Waals surface area contributed by atoms with Gasteiger partial charge in [-0.15, -0.1) is 0 Å². The van der Waals surface area contributed by atoms with Crippen LogP contribution in [0.2, 0.25) is 0 Å². The number of ether oxygens (including phenoxy) is 1. The standard InChI is InChI=1S/C55H102N6O5/c1-7-10-13-16-19-22-25-26-27-30-33-36-39-51(62)58-48-43-50(61(45-48)52(63)49(42-47-44-56-46-57-47)59-54(65)66-55(4,5)6)53(64)60(40-37-34-31-28-23-20-17-14-11-8-2)41-38-35-32-29-24-21-18-15-12-9-3/h44,46,48-50H,7-43,45H2,1-6H3,(H,56,57)(H,58,62)(H,59,65)/t48-,49+,50-/m0/s1. The lowest BCUT2D eigenvalue weighted by molar-refractivity contribution is -0.145. The van der Waals surface area contributed by atoms with Gasteiger partial charge in [0.05, 0.1) is 6.33 Å². The fourth-order valence-electron chi connectivity index (χ4n) is 9.43. The number of H-pyrrole nitrogens is 1. The average molecular weight is 927 g/mol. The first-order valence-corrected chi connectivity index (χ1v) is 27.8. The summed E-state index contributed by atoms with van der Waals surface area (Å²) in [6.45, 7) is 13.7. The number of carbonyl (C=O) groups excluding carboxylic acids is 4. The number of aromatic nitrogens is 2. The summed E-state index contributed by atoms with van der Waals surface area (Å²) in [5.74, 6) is -0.434. The number of hydrogen-bond acceptors (Lipinski definition) is 6. The lowest BCUT2D eigenvalue weighted by atomic mass is 10.0. The normalized spacial score (nSPS) is 15.5. The predicted octanol–water partition coefficient (Wildman–Crippen LogP) is 13.7. The number of hydrogen-bond donors (Lipinski definition) is 3. The van der Waals surface area contributed by atoms with Gasteiger partial charge in [-0.2, -0.15) is 0 Å². The smallest absolute Gasteiger partial charge is 0.408 e. The number of rotatable bonds is 41. The maximum Gasteiger partial charge on any atom is 0.408 e. The largest absolute Gasteiger partial charge is 0.444 e. The van der Waals surface area contributed by atoms with E-state index in [0.29, 0.717) is 31.6 Å². The Hall–Kier alpha value is -3.11. The predicted molar refractivity (Wildman–Crippen MR) is 273 cm³/mol. The summed E-state index contributed by atoms with van der Waals surface area (Å²) in [5.41, 5.74) is -0.0767. The number of imidazole rings is 1. The lowest BCUT2D eigenvalue weighted by Crippen LogP contribution is -2.55. The molecule has 0 saturated carbocycles. The van der Waals surface area contributed by atoms with E-state index < -0.39 is 23.8 Å². The molecule has 0 bridgehead atoms. The molecule has 1 aromatic rings. The SMILES string of the molecule is CCCCCCCCCCCCCCC(=O)N[C@H]1C[C@@H](C(=O)N(CCCCCCCCCCCC)CCCCCCCCCCCC)N(C(=O)[C@@H](Cc2cnc[nH]2)NC(=O)OC(C)(C)C)C1. The van der Waals surface area contributed by atoms with E-state index in [1.807, 2.05) is 4.90 Å². The minimum atomic E-state index is -0.997. The van der Waals surface area contributed by atoms with E-state index in [-0.39, 0.29) is 36.7 Å². The van der Waals surface area contributed by atoms with Crippen LogP contribution in [0.4, 0.5) is 4.79 Å². The number of alkyl carbamates (subject to hydrolysis) is 1. The van der Waals surface area contributed by atoms with Gasteiger partial charge in [-0.1, -0.05) is 207 Å². The minimum absolute atomic E-state index is 0.0268. The Morgan fingerprint density at radius 1 is 0.667 bits per heavy atom. The Morgan fingerprint density at radius 3 is 1.50 bits per heavy atom. The van der Waals surface area contributed by atoms with Gasteiger partial charge in [-0.25, -0.2) is 9.78 Å². The topological polar surface area (TPSA) is 137 Å². The van der Waals surface area contributed by atoms with E-state index >= 15 is 0 Å². The molecule has 4 amide bonds. The third-order valence-corrected chi connectivity index (χ3v) is 13.3. The third-order valence-electron chi connectivity index (χ3n) is 13.3. The van der Waals surface area contributed by atoms with Gasteiger partial charge in [0, 0.05) is 50.4 Å². The zero-order chi connectivity index (χ0) is 48.1. The number of likely N-dealkylation sites (tertiary alicyclic amines) is 1. The number of unbranched alkanes of at least 4 members (excludes halogenated alkanes) is 29. The minimum Gasteiger partial charge on any atom is -0.444 e. The Bertz CT molecular complexity index is 1340. The lowest BCUT2D eigenvalue weighted by Gasteiger charge is -2.32. The molecule has 0 spiro atoms. The zero-order valence-corrected chi connectivity index (χ0v) is 43.6. The van der Waals surface area contributed by atoms with Crippen LogP contribution in [-0.4, -0.2) is 86.9 Å². The van der Waals surface area contributed by atoms with Gasteiger partial charge >= 0.3 is 6.09 Å². The molecular formula is C55H102N6O5. The van der Waals surface area contributed by atoms with Gasteiger partial charge in [0.2, 0.25) is 17.7 Å². The molecule has 1 aliphatic rings. The highest BCUT2D eigenvalue weighted by molar-refractivity contribution is 5.92. The first-order valence-electron chi connectivity index (χ1n) is 27.8. The van der Waals surface area contributed by atoms with Crippen LogP contribution < -0.4 is 10.6 Å². The highest BCUT2D eigenvalue weighted by atomic mass is 16.6. The van der Waals surface area contributed by atoms with Crippen LogP contribution in [0, 0.1) is 0 Å². The summed E-state index contributed by atoms with van der Waals surface area (Å²) >= 11 is 0. The summed E-state index contributed by atoms with van der Waals surface area (Å²) < 4.78 is 5.61. The molecule has 1 fully saturated rings. The summed E-state index contributed by atoms with van der Waals surface area (Å²) in [5, 5.41) is 6.06. The van der Waals surface area contributed by atoms with Gasteiger partial charge in [0.1, 0.15) is 17.7 Å². The number of carbonyl (C=O) groups is 4. The van der Waals surface area contributed by atoms with E-state index in [9.17, 15) is 19.2 Å². The van der Waals surface area contributed by atoms with Crippen LogP contribution in [0.5, 0.6) is 0 Å². The maximum absolute atomic E-state index is 14.9. The molecule has 11 heteroatoms. The van der Waals surface area contributed by atoms with Crippen molar-refractivity contribution in [2.24, 2.45) is 0 Å². The number of amides is 4. The molecule has 382 valence electrons. The highest BCUT2D eigenvalue weighted by Gasteiger charge is 2.44. The Balaban J connectivity index is 2.16. The van der Waals surface area contributed by atoms with E-state index in [2.05, 4.69) is 41.4 Å². The molecule has 2 rings (SSSR count). The van der Waals surface area contributed by atoms with Gasteiger partial charge in [0.15, 0.2) is 0 Å². The van der Waals surface area contributed by atoms with Gasteiger partial charge in [0.25, 0.3) is 0 Å². The van der Waals surface area contributed by atoms with Crippen molar-refractivity contribution in [3.63, 3.8) is 0 Å². The molecule has 0 radical (unpaired) electrons. The second-order valence-corrected chi connectivity index (χ2v) is 20.8. The molecular weight excluding hydrogens is 825 g/mol. The highest BCUT2D eigenvalue weighted by Crippen LogP contribution is 2.24. The van der Waals surface area contributed by atoms with Gasteiger partial charge < -0.3 is 30.2 Å². The molecule has 1 aliphatic heterocycles. The van der Waals surface area contributed by atoms with Crippen molar-refractivity contribution < 1.29 is 23.9 Å². The number of aromatic amines is 1. The molecule has 3 N–H and O–H groups in total. The Labute approximate surface area is 404 Å². The van der Waals surface area contributed by atoms with Gasteiger partial charge in [-0.05, 0) is 46.5 Å². The van der Waals surface area contributed by atoms with Crippen LogP contribution in [0.1, 0.15) is 266 Å². The van der Waals surface area contributed by atoms with Crippen LogP contribution in [0.25, 0.3) is 0 Å². The van der Waals surface area contributed by atoms with E-state index in [1.54, 1.807) is 38.2 Å². The van der Waals surface area contributed by atoms with Gasteiger partial charge in [-0.3, -0.25) is 14.4 Å². The van der Waals surface area contributed by atoms with Crippen molar-refractivity contribution in [2.45, 2.75) is 290 Å². The van der Waals surface area contributed by atoms with Crippen molar-refractivity contribution in [2.75, 3.05) is 19.6 Å². The fraction of sp³-hybridized carbons (Fsp3) is 0.873. The second-order valence-electron chi connectivity index (χ2n) is 20.8. The summed E-state index contributed by atoms with van der Waals surface area (Å²) in [6.07, 6.45) is 42.7. The zero-order valence-electron chi connectivity index (χ0n) is 43.6. The summed E-state index contributed by atoms with van der Waals surface area (Å²) in [4.78, 5) is 67.2. The van der Waals surface area contributed by atoms with Crippen molar-refractivity contribution in [3.8, 4) is 0 Å². The Kier molecular flexibility index (Phi) is 33.8. The first-order chi connectivity index (χ1) is 32.0.